The lowest BCUT2D eigenvalue weighted by Crippen LogP contribution is -2.66. The Morgan fingerprint density at radius 3 is 1.83 bits per heavy atom. The first kappa shape index (κ1) is 64.4. The number of hydrazine groups is 1. The number of rotatable bonds is 9. The smallest absolute Gasteiger partial charge is 0.262 e. The monoisotopic (exact) mass is 1130 g/mol. The quantitative estimate of drug-likeness (QED) is 0.158. The van der Waals surface area contributed by atoms with Crippen LogP contribution in [-0.2, 0) is 60.8 Å². The Labute approximate surface area is 475 Å². The van der Waals surface area contributed by atoms with E-state index in [2.05, 4.69) is 31.7 Å². The summed E-state index contributed by atoms with van der Waals surface area (Å²) in [5.74, 6) is -7.85. The summed E-state index contributed by atoms with van der Waals surface area (Å²) in [7, 11) is 7.02. The van der Waals surface area contributed by atoms with Crippen molar-refractivity contribution in [1.29, 1.82) is 0 Å². The van der Waals surface area contributed by atoms with Gasteiger partial charge in [0, 0.05) is 84.7 Å². The zero-order valence-electron chi connectivity index (χ0n) is 49.3. The van der Waals surface area contributed by atoms with Gasteiger partial charge in [-0.05, 0) is 68.1 Å². The molecule has 9 atom stereocenters. The molecular formula is C58H86N12O11. The van der Waals surface area contributed by atoms with E-state index >= 15 is 4.79 Å². The van der Waals surface area contributed by atoms with Crippen molar-refractivity contribution in [2.24, 2.45) is 17.8 Å². The Morgan fingerprint density at radius 1 is 0.593 bits per heavy atom. The minimum absolute atomic E-state index is 0.00731. The molecule has 23 heteroatoms. The third kappa shape index (κ3) is 15.7. The number of benzene rings is 2. The Morgan fingerprint density at radius 2 is 1.20 bits per heavy atom. The number of amides is 10. The van der Waals surface area contributed by atoms with E-state index in [-0.39, 0.29) is 51.1 Å². The van der Waals surface area contributed by atoms with Crippen LogP contribution >= 0.6 is 0 Å². The highest BCUT2D eigenvalue weighted by atomic mass is 16.3. The van der Waals surface area contributed by atoms with Gasteiger partial charge < -0.3 is 55.9 Å². The van der Waals surface area contributed by atoms with Gasteiger partial charge in [-0.2, -0.15) is 0 Å². The molecule has 7 N–H and O–H groups in total. The van der Waals surface area contributed by atoms with Crippen LogP contribution in [0.5, 0.6) is 0 Å². The molecule has 2 aliphatic heterocycles. The topological polar surface area (TPSA) is 286 Å². The number of hydrogen-bond donors (Lipinski definition) is 7. The summed E-state index contributed by atoms with van der Waals surface area (Å²) in [4.78, 5) is 154. The lowest BCUT2D eigenvalue weighted by Gasteiger charge is -2.41. The second kappa shape index (κ2) is 28.8. The van der Waals surface area contributed by atoms with E-state index < -0.39 is 132 Å². The van der Waals surface area contributed by atoms with Crippen LogP contribution in [0.15, 0.2) is 60.8 Å². The van der Waals surface area contributed by atoms with Gasteiger partial charge in [0.05, 0.1) is 6.61 Å². The first-order valence-corrected chi connectivity index (χ1v) is 28.0. The number of aliphatic hydroxyl groups is 1. The second-order valence-corrected chi connectivity index (χ2v) is 22.6. The molecule has 0 bridgehead atoms. The molecule has 0 spiro atoms. The first-order valence-electron chi connectivity index (χ1n) is 28.0. The van der Waals surface area contributed by atoms with Crippen LogP contribution in [0.2, 0.25) is 0 Å². The molecule has 23 nitrogen and oxygen atoms in total. The maximum absolute atomic E-state index is 15.1. The minimum Gasteiger partial charge on any atom is -0.394 e. The number of para-hydroxylation sites is 1. The van der Waals surface area contributed by atoms with Crippen LogP contribution in [-0.4, -0.2) is 208 Å². The zero-order chi connectivity index (χ0) is 60.2. The van der Waals surface area contributed by atoms with E-state index in [1.54, 1.807) is 64.2 Å². The molecular weight excluding hydrogens is 1040 g/mol. The number of carbonyl (C=O) groups excluding carboxylic acids is 10. The Balaban J connectivity index is 1.58. The molecule has 0 saturated carbocycles. The minimum atomic E-state index is -1.58. The molecule has 0 radical (unpaired) electrons. The number of likely N-dealkylation sites (N-methyl/N-ethyl adjacent to an activating group) is 5. The fourth-order valence-corrected chi connectivity index (χ4v) is 10.5. The maximum atomic E-state index is 15.1. The van der Waals surface area contributed by atoms with Crippen molar-refractivity contribution in [3.63, 3.8) is 0 Å². The van der Waals surface area contributed by atoms with E-state index in [9.17, 15) is 48.3 Å². The number of aliphatic hydroxyl groups excluding tert-OH is 1. The highest BCUT2D eigenvalue weighted by molar-refractivity contribution is 5.99. The highest BCUT2D eigenvalue weighted by Gasteiger charge is 2.44. The van der Waals surface area contributed by atoms with Crippen molar-refractivity contribution in [1.82, 2.24) is 61.2 Å². The third-order valence-electron chi connectivity index (χ3n) is 15.6. The van der Waals surface area contributed by atoms with Crippen molar-refractivity contribution in [3.8, 4) is 0 Å². The summed E-state index contributed by atoms with van der Waals surface area (Å²) in [5, 5.41) is 24.0. The van der Waals surface area contributed by atoms with Crippen molar-refractivity contribution in [2.75, 3.05) is 54.9 Å². The van der Waals surface area contributed by atoms with E-state index in [0.717, 1.165) is 20.8 Å². The number of nitrogens with zero attached hydrogens (tertiary/aromatic N) is 6. The Hall–Kier alpha value is -7.40. The van der Waals surface area contributed by atoms with Gasteiger partial charge in [0.1, 0.15) is 54.4 Å². The lowest BCUT2D eigenvalue weighted by atomic mass is 9.98. The van der Waals surface area contributed by atoms with Gasteiger partial charge >= 0.3 is 0 Å². The summed E-state index contributed by atoms with van der Waals surface area (Å²) >= 11 is 0. The molecule has 0 unspecified atom stereocenters. The molecule has 81 heavy (non-hydrogen) atoms. The number of aromatic amines is 1. The largest absolute Gasteiger partial charge is 0.394 e. The third-order valence-corrected chi connectivity index (χ3v) is 15.6. The summed E-state index contributed by atoms with van der Waals surface area (Å²) in [6, 6.07) is 5.09. The maximum Gasteiger partial charge on any atom is 0.262 e. The average Bonchev–Trinajstić information content (AvgIpc) is 3.92. The van der Waals surface area contributed by atoms with Crippen LogP contribution in [0.25, 0.3) is 10.9 Å². The molecule has 2 fully saturated rings. The number of aromatic nitrogens is 1. The predicted molar refractivity (Wildman–Crippen MR) is 304 cm³/mol. The SMILES string of the molecule is CC(C)C[C@@H]1NC(=O)[C@H](Cc2ccccc2)N(C)C(=O)[C@@H](C)NC(=O)[C@H](C(C)C)N(C)C(=O)CCNC(=O)[C@H](C)N(C)C(=O)[C@H](C(C)C)NC(=O)[C@H](Cc2c[nH]c3ccccc23)N(C)C(=O)[C@@H]2CCCNN2C(=O)[C@H](CO)N(C)C1=O. The number of fused-ring (bicyclic) bond motifs is 2. The molecule has 0 aliphatic carbocycles. The number of H-pyrrole nitrogens is 1. The Kier molecular flexibility index (Phi) is 22.9. The first-order chi connectivity index (χ1) is 38.2. The van der Waals surface area contributed by atoms with E-state index in [1.807, 2.05) is 38.1 Å². The number of carbonyl (C=O) groups is 10. The molecule has 3 heterocycles. The van der Waals surface area contributed by atoms with Crippen molar-refractivity contribution >= 4 is 70.0 Å². The van der Waals surface area contributed by atoms with Gasteiger partial charge in [0.2, 0.25) is 53.2 Å². The van der Waals surface area contributed by atoms with Crippen LogP contribution in [0.4, 0.5) is 0 Å². The molecule has 2 aliphatic rings. The summed E-state index contributed by atoms with van der Waals surface area (Å²) in [6.45, 7) is 12.7. The van der Waals surface area contributed by atoms with E-state index in [4.69, 9.17) is 0 Å². The molecule has 2 aromatic carbocycles. The molecule has 444 valence electrons. The molecule has 2 saturated heterocycles. The highest BCUT2D eigenvalue weighted by Crippen LogP contribution is 2.24. The number of nitrogens with one attached hydrogen (secondary N) is 6. The van der Waals surface area contributed by atoms with Gasteiger partial charge in [-0.15, -0.1) is 0 Å². The van der Waals surface area contributed by atoms with Gasteiger partial charge in [0.25, 0.3) is 5.91 Å². The summed E-state index contributed by atoms with van der Waals surface area (Å²) < 4.78 is 0. The Bertz CT molecular complexity index is 2730. The summed E-state index contributed by atoms with van der Waals surface area (Å²) in [5.41, 5.74) is 5.13. The molecule has 10 amide bonds. The van der Waals surface area contributed by atoms with Gasteiger partial charge in [0.15, 0.2) is 0 Å². The lowest BCUT2D eigenvalue weighted by molar-refractivity contribution is -0.159. The molecule has 5 rings (SSSR count). The summed E-state index contributed by atoms with van der Waals surface area (Å²) in [6.07, 6.45) is 2.09. The van der Waals surface area contributed by atoms with Crippen LogP contribution in [0.3, 0.4) is 0 Å². The van der Waals surface area contributed by atoms with Gasteiger partial charge in [-0.1, -0.05) is 90.1 Å². The fourth-order valence-electron chi connectivity index (χ4n) is 10.5. The fraction of sp³-hybridized carbons (Fsp3) is 0.586. The van der Waals surface area contributed by atoms with Gasteiger partial charge in [-0.25, -0.2) is 5.43 Å². The average molecular weight is 1130 g/mol. The predicted octanol–water partition coefficient (Wildman–Crippen LogP) is 0.948. The second-order valence-electron chi connectivity index (χ2n) is 22.6. The standard InChI is InChI=1S/C58H86N12O11/c1-33(2)28-42-55(78)68(12)46(32-71)57(80)70-43(24-19-26-61-70)56(79)67(11)45(30-39-31-60-41-23-18-17-22-40(39)41)52(75)64-48(34(3)4)58(81)65(9)37(8)50(73)59-27-25-47(72)69(13)49(35(5)6)53(76)62-36(7)54(77)66(10)44(51(74)63-42)29-38-20-15-14-16-21-38/h14-18,20-23,31,33-37,42-46,48-49,60-61,71H,19,24-30,32H2,1-13H3,(H,59,73)(H,62,76)(H,63,74)(H,64,75)/t36-,37+,42+,43+,44+,45+,46+,48+,49+/m1/s1. The van der Waals surface area contributed by atoms with Crippen LogP contribution in [0.1, 0.15) is 92.2 Å². The normalized spacial score (nSPS) is 26.0. The van der Waals surface area contributed by atoms with E-state index in [0.29, 0.717) is 17.5 Å². The molecule has 3 aromatic rings. The molecule has 1 aromatic heterocycles. The van der Waals surface area contributed by atoms with Crippen molar-refractivity contribution < 1.29 is 53.1 Å². The van der Waals surface area contributed by atoms with Crippen molar-refractivity contribution in [2.45, 2.75) is 148 Å². The van der Waals surface area contributed by atoms with Gasteiger partial charge in [-0.3, -0.25) is 53.0 Å². The van der Waals surface area contributed by atoms with Crippen molar-refractivity contribution in [3.05, 3.63) is 71.9 Å². The van der Waals surface area contributed by atoms with E-state index in [1.165, 1.54) is 68.7 Å². The zero-order valence-corrected chi connectivity index (χ0v) is 49.3. The number of hydrogen-bond acceptors (Lipinski definition) is 12. The van der Waals surface area contributed by atoms with Crippen LogP contribution < -0.4 is 26.7 Å². The van der Waals surface area contributed by atoms with Crippen LogP contribution in [0, 0.1) is 17.8 Å².